The molecule has 1 aromatic heterocycles. The van der Waals surface area contributed by atoms with Gasteiger partial charge in [0.1, 0.15) is 0 Å². The normalized spacial score (nSPS) is 10.4. The number of likely N-dealkylation sites (N-methyl/N-ethyl adjacent to an activating group) is 1. The summed E-state index contributed by atoms with van der Waals surface area (Å²) in [4.78, 5) is 14.8. The molecule has 0 spiro atoms. The quantitative estimate of drug-likeness (QED) is 0.791. The molecule has 0 atom stereocenters. The molecule has 0 aromatic carbocycles. The average molecular weight is 279 g/mol. The Kier molecular flexibility index (Phi) is 6.57. The van der Waals surface area contributed by atoms with Gasteiger partial charge in [0.25, 0.3) is 0 Å². The van der Waals surface area contributed by atoms with Crippen LogP contribution in [0.5, 0.6) is 0 Å². The lowest BCUT2D eigenvalue weighted by Crippen LogP contribution is -2.38. The van der Waals surface area contributed by atoms with Crippen LogP contribution >= 0.6 is 11.3 Å². The minimum absolute atomic E-state index is 0.0530. The summed E-state index contributed by atoms with van der Waals surface area (Å²) in [6.45, 7) is 5.44. The van der Waals surface area contributed by atoms with Crippen LogP contribution in [-0.2, 0) is 11.3 Å². The highest BCUT2D eigenvalue weighted by Crippen LogP contribution is 2.15. The first kappa shape index (κ1) is 15.7. The zero-order chi connectivity index (χ0) is 14.3. The van der Waals surface area contributed by atoms with E-state index in [0.29, 0.717) is 13.1 Å². The van der Waals surface area contributed by atoms with E-state index < -0.39 is 0 Å². The molecule has 104 valence electrons. The van der Waals surface area contributed by atoms with Crippen LogP contribution in [0.4, 0.5) is 0 Å². The molecule has 0 bridgehead atoms. The van der Waals surface area contributed by atoms with E-state index in [2.05, 4.69) is 17.2 Å². The molecule has 0 fully saturated rings. The second-order valence-corrected chi connectivity index (χ2v) is 5.70. The SMILES string of the molecule is CC(C)NC(=O)CN(C)Cc1cc(C#CCN)cs1. The zero-order valence-electron chi connectivity index (χ0n) is 11.7. The summed E-state index contributed by atoms with van der Waals surface area (Å²) in [5.74, 6) is 5.89. The Balaban J connectivity index is 2.46. The van der Waals surface area contributed by atoms with Gasteiger partial charge in [0, 0.05) is 28.4 Å². The fraction of sp³-hybridized carbons (Fsp3) is 0.500. The van der Waals surface area contributed by atoms with Gasteiger partial charge in [0.15, 0.2) is 0 Å². The highest BCUT2D eigenvalue weighted by molar-refractivity contribution is 7.10. The number of rotatable bonds is 5. The number of hydrogen-bond acceptors (Lipinski definition) is 4. The number of amides is 1. The van der Waals surface area contributed by atoms with Gasteiger partial charge >= 0.3 is 0 Å². The Morgan fingerprint density at radius 3 is 2.95 bits per heavy atom. The van der Waals surface area contributed by atoms with Crippen molar-refractivity contribution in [2.75, 3.05) is 20.1 Å². The summed E-state index contributed by atoms with van der Waals surface area (Å²) >= 11 is 1.65. The van der Waals surface area contributed by atoms with Crippen molar-refractivity contribution < 1.29 is 4.79 Å². The van der Waals surface area contributed by atoms with Crippen molar-refractivity contribution >= 4 is 17.2 Å². The van der Waals surface area contributed by atoms with Crippen molar-refractivity contribution in [3.8, 4) is 11.8 Å². The molecule has 19 heavy (non-hydrogen) atoms. The van der Waals surface area contributed by atoms with Gasteiger partial charge in [0.2, 0.25) is 5.91 Å². The van der Waals surface area contributed by atoms with Crippen LogP contribution in [-0.4, -0.2) is 37.0 Å². The molecule has 0 saturated heterocycles. The maximum Gasteiger partial charge on any atom is 0.234 e. The molecule has 1 aromatic rings. The number of carbonyl (C=O) groups is 1. The molecule has 3 N–H and O–H groups in total. The number of nitrogens with one attached hydrogen (secondary N) is 1. The van der Waals surface area contributed by atoms with E-state index in [4.69, 9.17) is 5.73 Å². The van der Waals surface area contributed by atoms with Gasteiger partial charge in [-0.2, -0.15) is 0 Å². The van der Waals surface area contributed by atoms with Gasteiger partial charge in [-0.1, -0.05) is 11.8 Å². The minimum Gasteiger partial charge on any atom is -0.353 e. The Labute approximate surface area is 119 Å². The lowest BCUT2D eigenvalue weighted by atomic mass is 10.3. The molecule has 5 heteroatoms. The van der Waals surface area contributed by atoms with Crippen LogP contribution in [0.15, 0.2) is 11.4 Å². The molecule has 0 radical (unpaired) electrons. The molecular formula is C14H21N3OS. The third kappa shape index (κ3) is 6.39. The predicted molar refractivity (Wildman–Crippen MR) is 79.9 cm³/mol. The van der Waals surface area contributed by atoms with Crippen molar-refractivity contribution in [3.63, 3.8) is 0 Å². The first-order valence-corrected chi connectivity index (χ1v) is 7.13. The second-order valence-electron chi connectivity index (χ2n) is 4.70. The third-order valence-corrected chi connectivity index (χ3v) is 3.20. The summed E-state index contributed by atoms with van der Waals surface area (Å²) < 4.78 is 0. The Morgan fingerprint density at radius 1 is 1.58 bits per heavy atom. The number of hydrogen-bond donors (Lipinski definition) is 2. The number of nitrogens with zero attached hydrogens (tertiary/aromatic N) is 1. The Hall–Kier alpha value is -1.35. The van der Waals surface area contributed by atoms with E-state index >= 15 is 0 Å². The first-order valence-electron chi connectivity index (χ1n) is 6.25. The van der Waals surface area contributed by atoms with Crippen molar-refractivity contribution in [3.05, 3.63) is 21.9 Å². The molecule has 4 nitrogen and oxygen atoms in total. The summed E-state index contributed by atoms with van der Waals surface area (Å²) in [7, 11) is 1.94. The fourth-order valence-corrected chi connectivity index (χ4v) is 2.51. The van der Waals surface area contributed by atoms with Crippen molar-refractivity contribution in [1.82, 2.24) is 10.2 Å². The van der Waals surface area contributed by atoms with Gasteiger partial charge in [-0.15, -0.1) is 11.3 Å². The second kappa shape index (κ2) is 7.95. The van der Waals surface area contributed by atoms with E-state index in [1.54, 1.807) is 11.3 Å². The van der Waals surface area contributed by atoms with Crippen LogP contribution < -0.4 is 11.1 Å². The lowest BCUT2D eigenvalue weighted by molar-refractivity contribution is -0.122. The largest absolute Gasteiger partial charge is 0.353 e. The Morgan fingerprint density at radius 2 is 2.32 bits per heavy atom. The third-order valence-electron chi connectivity index (χ3n) is 2.28. The van der Waals surface area contributed by atoms with Gasteiger partial charge in [-0.3, -0.25) is 9.69 Å². The van der Waals surface area contributed by atoms with Crippen LogP contribution in [0.3, 0.4) is 0 Å². The van der Waals surface area contributed by atoms with Crippen LogP contribution in [0, 0.1) is 11.8 Å². The summed E-state index contributed by atoms with van der Waals surface area (Å²) in [5.41, 5.74) is 6.33. The molecule has 1 rings (SSSR count). The summed E-state index contributed by atoms with van der Waals surface area (Å²) in [6.07, 6.45) is 0. The number of thiophene rings is 1. The van der Waals surface area contributed by atoms with E-state index in [9.17, 15) is 4.79 Å². The minimum atomic E-state index is 0.0530. The average Bonchev–Trinajstić information content (AvgIpc) is 2.72. The van der Waals surface area contributed by atoms with Crippen molar-refractivity contribution in [2.45, 2.75) is 26.4 Å². The fourth-order valence-electron chi connectivity index (χ4n) is 1.62. The van der Waals surface area contributed by atoms with Crippen LogP contribution in [0.1, 0.15) is 24.3 Å². The van der Waals surface area contributed by atoms with Crippen LogP contribution in [0.2, 0.25) is 0 Å². The highest BCUT2D eigenvalue weighted by atomic mass is 32.1. The van der Waals surface area contributed by atoms with E-state index in [-0.39, 0.29) is 11.9 Å². The molecular weight excluding hydrogens is 258 g/mol. The molecule has 0 aliphatic rings. The summed E-state index contributed by atoms with van der Waals surface area (Å²) in [5, 5.41) is 4.89. The predicted octanol–water partition coefficient (Wildman–Crippen LogP) is 1.01. The van der Waals surface area contributed by atoms with Gasteiger partial charge in [0.05, 0.1) is 13.1 Å². The monoisotopic (exact) mass is 279 g/mol. The molecule has 0 saturated carbocycles. The van der Waals surface area contributed by atoms with Crippen LogP contribution in [0.25, 0.3) is 0 Å². The van der Waals surface area contributed by atoms with E-state index in [1.807, 2.05) is 37.2 Å². The van der Waals surface area contributed by atoms with E-state index in [1.165, 1.54) is 4.88 Å². The van der Waals surface area contributed by atoms with Gasteiger partial charge in [-0.25, -0.2) is 0 Å². The molecule has 0 aliphatic carbocycles. The first-order chi connectivity index (χ1) is 9.01. The maximum atomic E-state index is 11.6. The number of nitrogens with two attached hydrogens (primary N) is 1. The lowest BCUT2D eigenvalue weighted by Gasteiger charge is -2.16. The zero-order valence-corrected chi connectivity index (χ0v) is 12.5. The van der Waals surface area contributed by atoms with Crippen molar-refractivity contribution in [2.24, 2.45) is 5.73 Å². The Bertz CT molecular complexity index is 471. The smallest absolute Gasteiger partial charge is 0.234 e. The van der Waals surface area contributed by atoms with E-state index in [0.717, 1.165) is 12.1 Å². The standard InChI is InChI=1S/C14H21N3OS/c1-11(2)16-14(18)9-17(3)8-13-7-12(10-19-13)5-4-6-15/h7,10-11H,6,8-9,15H2,1-3H3,(H,16,18). The topological polar surface area (TPSA) is 58.4 Å². The summed E-state index contributed by atoms with van der Waals surface area (Å²) in [6, 6.07) is 2.23. The van der Waals surface area contributed by atoms with Gasteiger partial charge < -0.3 is 11.1 Å². The molecule has 0 unspecified atom stereocenters. The molecule has 1 amide bonds. The highest BCUT2D eigenvalue weighted by Gasteiger charge is 2.09. The van der Waals surface area contributed by atoms with Crippen molar-refractivity contribution in [1.29, 1.82) is 0 Å². The van der Waals surface area contributed by atoms with Gasteiger partial charge in [-0.05, 0) is 27.0 Å². The maximum absolute atomic E-state index is 11.6. The molecule has 1 heterocycles. The number of carbonyl (C=O) groups excluding carboxylic acids is 1. The molecule has 0 aliphatic heterocycles.